The molecule has 0 aliphatic rings. The third-order valence-electron chi connectivity index (χ3n) is 6.31. The predicted molar refractivity (Wildman–Crippen MR) is 173 cm³/mol. The Balaban J connectivity index is 2.01. The van der Waals surface area contributed by atoms with Crippen LogP contribution >= 0.6 is 11.6 Å². The van der Waals surface area contributed by atoms with E-state index in [1.165, 1.54) is 18.5 Å². The number of aromatic nitrogens is 3. The number of benzene rings is 2. The van der Waals surface area contributed by atoms with Crippen molar-refractivity contribution in [2.75, 3.05) is 11.0 Å². The molecule has 0 bridgehead atoms. The Morgan fingerprint density at radius 3 is 2.30 bits per heavy atom. The summed E-state index contributed by atoms with van der Waals surface area (Å²) < 4.78 is 62.1. The number of fused-ring (bicyclic) bond motifs is 1. The van der Waals surface area contributed by atoms with Gasteiger partial charge < -0.3 is 15.2 Å². The van der Waals surface area contributed by atoms with E-state index in [4.69, 9.17) is 21.3 Å². The van der Waals surface area contributed by atoms with Crippen LogP contribution < -0.4 is 10.0 Å². The Labute approximate surface area is 271 Å². The lowest BCUT2D eigenvalue weighted by Crippen LogP contribution is -2.36. The minimum atomic E-state index is -3.72. The Bertz CT molecular complexity index is 1970. The summed E-state index contributed by atoms with van der Waals surface area (Å²) in [5, 5.41) is 17.9. The van der Waals surface area contributed by atoms with Crippen LogP contribution in [0.4, 0.5) is 19.4 Å². The third-order valence-corrected chi connectivity index (χ3v) is 7.19. The molecule has 2 heterocycles. The van der Waals surface area contributed by atoms with Crippen LogP contribution in [0.25, 0.3) is 22.0 Å². The van der Waals surface area contributed by atoms with E-state index >= 15 is 0 Å². The summed E-state index contributed by atoms with van der Waals surface area (Å²) in [4.78, 5) is 17.9. The second-order valence-electron chi connectivity index (χ2n) is 12.3. The number of rotatable bonds is 7. The smallest absolute Gasteiger partial charge is 0.408 e. The average Bonchev–Trinajstić information content (AvgIpc) is 3.20. The zero-order chi connectivity index (χ0) is 34.2. The molecule has 1 unspecified atom stereocenters. The first-order valence-corrected chi connectivity index (χ1v) is 16.3. The lowest BCUT2D eigenvalue weighted by molar-refractivity contribution is 0.0502. The molecule has 0 radical (unpaired) electrons. The van der Waals surface area contributed by atoms with E-state index in [9.17, 15) is 27.1 Å². The average molecular weight is 674 g/mol. The Morgan fingerprint density at radius 1 is 1.09 bits per heavy atom. The van der Waals surface area contributed by atoms with Gasteiger partial charge in [-0.3, -0.25) is 9.40 Å². The number of alkyl carbamates (subject to hydrolysis) is 1. The SMILES string of the molecule is Cn1nc(NS(C)(=O)=O)c2c(Cl)ccc(-c3ccc(C#CC(C)(C)O)nc3C(Cc3cc(F)cc(F)c3)NC(=O)OC(C)(C)C)c21. The number of hydrogen-bond donors (Lipinski definition) is 3. The monoisotopic (exact) mass is 673 g/mol. The number of carbonyl (C=O) groups is 1. The number of nitrogens with zero attached hydrogens (tertiary/aromatic N) is 3. The molecule has 1 amide bonds. The van der Waals surface area contributed by atoms with Gasteiger partial charge in [0, 0.05) is 24.2 Å². The molecule has 0 saturated carbocycles. The molecule has 10 nitrogen and oxygen atoms in total. The summed E-state index contributed by atoms with van der Waals surface area (Å²) in [5.41, 5.74) is -0.128. The van der Waals surface area contributed by atoms with Crippen LogP contribution in [-0.2, 0) is 28.2 Å². The molecule has 46 heavy (non-hydrogen) atoms. The molecule has 4 rings (SSSR count). The van der Waals surface area contributed by atoms with Gasteiger partial charge in [-0.25, -0.2) is 27.0 Å². The van der Waals surface area contributed by atoms with Crippen molar-refractivity contribution in [3.63, 3.8) is 0 Å². The zero-order valence-electron chi connectivity index (χ0n) is 26.3. The summed E-state index contributed by atoms with van der Waals surface area (Å²) in [6.07, 6.45) is 0.0684. The minimum absolute atomic E-state index is 0.00712. The molecule has 2 aromatic heterocycles. The molecule has 4 aromatic rings. The van der Waals surface area contributed by atoms with E-state index in [1.807, 2.05) is 0 Å². The molecule has 0 fully saturated rings. The number of sulfonamides is 1. The number of hydrogen-bond acceptors (Lipinski definition) is 7. The predicted octanol–water partition coefficient (Wildman–Crippen LogP) is 5.87. The topological polar surface area (TPSA) is 135 Å². The molecular weight excluding hydrogens is 640 g/mol. The second kappa shape index (κ2) is 12.9. The number of nitrogens with one attached hydrogen (secondary N) is 2. The zero-order valence-corrected chi connectivity index (χ0v) is 27.9. The highest BCUT2D eigenvalue weighted by Crippen LogP contribution is 2.40. The molecule has 1 atom stereocenters. The quantitative estimate of drug-likeness (QED) is 0.209. The van der Waals surface area contributed by atoms with Crippen molar-refractivity contribution in [3.8, 4) is 23.0 Å². The van der Waals surface area contributed by atoms with E-state index in [0.29, 0.717) is 22.0 Å². The number of halogens is 3. The minimum Gasteiger partial charge on any atom is -0.444 e. The van der Waals surface area contributed by atoms with Gasteiger partial charge in [0.25, 0.3) is 0 Å². The number of anilines is 1. The maximum absolute atomic E-state index is 14.3. The summed E-state index contributed by atoms with van der Waals surface area (Å²) in [5.74, 6) is 3.94. The van der Waals surface area contributed by atoms with Gasteiger partial charge >= 0.3 is 6.09 Å². The fraction of sp³-hybridized carbons (Fsp3) is 0.344. The fourth-order valence-electron chi connectivity index (χ4n) is 4.73. The van der Waals surface area contributed by atoms with Crippen molar-refractivity contribution in [1.82, 2.24) is 20.1 Å². The van der Waals surface area contributed by atoms with Crippen LogP contribution in [0.2, 0.25) is 5.02 Å². The first kappa shape index (κ1) is 34.6. The second-order valence-corrected chi connectivity index (χ2v) is 14.4. The number of pyridine rings is 1. The van der Waals surface area contributed by atoms with Gasteiger partial charge in [0.2, 0.25) is 10.0 Å². The van der Waals surface area contributed by atoms with Crippen molar-refractivity contribution in [2.24, 2.45) is 7.05 Å². The van der Waals surface area contributed by atoms with Gasteiger partial charge in [-0.15, -0.1) is 0 Å². The summed E-state index contributed by atoms with van der Waals surface area (Å²) in [6.45, 7) is 8.09. The Morgan fingerprint density at radius 2 is 1.72 bits per heavy atom. The largest absolute Gasteiger partial charge is 0.444 e. The van der Waals surface area contributed by atoms with E-state index in [2.05, 4.69) is 27.0 Å². The number of ether oxygens (including phenoxy) is 1. The summed E-state index contributed by atoms with van der Waals surface area (Å²) >= 11 is 6.55. The lowest BCUT2D eigenvalue weighted by Gasteiger charge is -2.25. The molecule has 14 heteroatoms. The molecular formula is C32H34ClF2N5O5S. The van der Waals surface area contributed by atoms with Crippen molar-refractivity contribution in [1.29, 1.82) is 0 Å². The van der Waals surface area contributed by atoms with E-state index in [1.54, 1.807) is 52.1 Å². The lowest BCUT2D eigenvalue weighted by atomic mass is 9.94. The van der Waals surface area contributed by atoms with E-state index < -0.39 is 45.0 Å². The molecule has 0 saturated heterocycles. The Hall–Kier alpha value is -4.25. The number of aliphatic hydroxyl groups is 1. The van der Waals surface area contributed by atoms with Gasteiger partial charge in [-0.05, 0) is 82.9 Å². The van der Waals surface area contributed by atoms with Crippen LogP contribution in [0, 0.1) is 23.5 Å². The van der Waals surface area contributed by atoms with Crippen molar-refractivity contribution >= 4 is 44.4 Å². The third kappa shape index (κ3) is 8.93. The molecule has 0 aliphatic heterocycles. The van der Waals surface area contributed by atoms with Crippen molar-refractivity contribution < 1.29 is 31.8 Å². The normalized spacial score (nSPS) is 12.8. The highest BCUT2D eigenvalue weighted by Gasteiger charge is 2.27. The number of aryl methyl sites for hydroxylation is 1. The van der Waals surface area contributed by atoms with Crippen LogP contribution in [0.15, 0.2) is 42.5 Å². The van der Waals surface area contributed by atoms with Gasteiger partial charge in [0.1, 0.15) is 28.5 Å². The molecule has 244 valence electrons. The first-order chi connectivity index (χ1) is 21.2. The van der Waals surface area contributed by atoms with Gasteiger partial charge in [0.05, 0.1) is 33.9 Å². The van der Waals surface area contributed by atoms with E-state index in [0.717, 1.165) is 24.5 Å². The Kier molecular flexibility index (Phi) is 9.68. The van der Waals surface area contributed by atoms with E-state index in [-0.39, 0.29) is 34.2 Å². The maximum atomic E-state index is 14.3. The van der Waals surface area contributed by atoms with Crippen LogP contribution in [0.1, 0.15) is 57.6 Å². The van der Waals surface area contributed by atoms with Gasteiger partial charge in [0.15, 0.2) is 5.82 Å². The van der Waals surface area contributed by atoms with Crippen molar-refractivity contribution in [3.05, 3.63) is 76.1 Å². The summed E-state index contributed by atoms with van der Waals surface area (Å²) in [7, 11) is -2.11. The standard InChI is InChI=1S/C32H34ClF2N5O5S/c1-31(2,3)45-30(41)37-25(16-18-14-19(34)17-20(35)15-18)27-22(9-8-21(36-27)12-13-32(4,5)42)23-10-11-24(33)26-28(23)40(6)38-29(26)39-46(7,43)44/h8-11,14-15,17,25,42H,16H2,1-7H3,(H,37,41)(H,38,39). The summed E-state index contributed by atoms with van der Waals surface area (Å²) in [6, 6.07) is 8.56. The number of amides is 1. The highest BCUT2D eigenvalue weighted by molar-refractivity contribution is 7.92. The van der Waals surface area contributed by atoms with Gasteiger partial charge in [-0.2, -0.15) is 5.10 Å². The molecule has 0 spiro atoms. The molecule has 2 aromatic carbocycles. The van der Waals surface area contributed by atoms with Crippen LogP contribution in [0.3, 0.4) is 0 Å². The van der Waals surface area contributed by atoms with Crippen molar-refractivity contribution in [2.45, 2.75) is 58.3 Å². The van der Waals surface area contributed by atoms with Crippen LogP contribution in [0.5, 0.6) is 0 Å². The number of carbonyl (C=O) groups excluding carboxylic acids is 1. The fourth-order valence-corrected chi connectivity index (χ4v) is 5.46. The van der Waals surface area contributed by atoms with Gasteiger partial charge in [-0.1, -0.05) is 23.6 Å². The van der Waals surface area contributed by atoms with Crippen LogP contribution in [-0.4, -0.2) is 51.8 Å². The maximum Gasteiger partial charge on any atom is 0.408 e. The highest BCUT2D eigenvalue weighted by atomic mass is 35.5. The first-order valence-electron chi connectivity index (χ1n) is 14.0. The molecule has 3 N–H and O–H groups in total. The molecule has 0 aliphatic carbocycles.